The van der Waals surface area contributed by atoms with Crippen molar-refractivity contribution in [3.05, 3.63) is 24.3 Å². The molecule has 0 aliphatic rings. The lowest BCUT2D eigenvalue weighted by atomic mass is 9.99. The molecule has 0 heterocycles. The van der Waals surface area contributed by atoms with Crippen molar-refractivity contribution >= 4 is 0 Å². The van der Waals surface area contributed by atoms with Crippen LogP contribution in [0.25, 0.3) is 0 Å². The minimum absolute atomic E-state index is 0.531. The molecule has 0 radical (unpaired) electrons. The molecule has 0 saturated heterocycles. The maximum absolute atomic E-state index is 10.3. The highest BCUT2D eigenvalue weighted by Crippen LogP contribution is 2.16. The van der Waals surface area contributed by atoms with Gasteiger partial charge < -0.3 is 10.2 Å². The van der Waals surface area contributed by atoms with E-state index in [-0.39, 0.29) is 0 Å². The normalized spacial score (nSPS) is 13.7. The van der Waals surface area contributed by atoms with E-state index in [2.05, 4.69) is 38.2 Å². The Hall–Kier alpha value is -0.600. The number of aliphatic hydroxyl groups is 2. The monoisotopic (exact) mass is 535 g/mol. The molecule has 2 atom stereocenters. The fourth-order valence-electron chi connectivity index (χ4n) is 5.23. The maximum Gasteiger partial charge on any atom is 0.0799 e. The summed E-state index contributed by atoms with van der Waals surface area (Å²) in [4.78, 5) is 0. The van der Waals surface area contributed by atoms with Crippen LogP contribution in [0.3, 0.4) is 0 Å². The molecule has 0 rings (SSSR count). The van der Waals surface area contributed by atoms with Gasteiger partial charge in [-0.15, -0.1) is 0 Å². The molecule has 2 unspecified atom stereocenters. The van der Waals surface area contributed by atoms with Gasteiger partial charge >= 0.3 is 0 Å². The Morgan fingerprint density at radius 2 is 0.579 bits per heavy atom. The van der Waals surface area contributed by atoms with E-state index in [1.807, 2.05) is 0 Å². The first-order valence-electron chi connectivity index (χ1n) is 17.4. The number of aliphatic hydroxyl groups excluding tert-OH is 2. The van der Waals surface area contributed by atoms with Crippen LogP contribution in [0.4, 0.5) is 0 Å². The zero-order chi connectivity index (χ0) is 27.8. The summed E-state index contributed by atoms with van der Waals surface area (Å²) in [7, 11) is 0. The first kappa shape index (κ1) is 37.4. The van der Waals surface area contributed by atoms with Crippen LogP contribution < -0.4 is 0 Å². The smallest absolute Gasteiger partial charge is 0.0799 e. The van der Waals surface area contributed by atoms with Crippen molar-refractivity contribution in [3.8, 4) is 0 Å². The van der Waals surface area contributed by atoms with Crippen molar-refractivity contribution in [2.45, 2.75) is 206 Å². The van der Waals surface area contributed by atoms with Gasteiger partial charge in [0, 0.05) is 0 Å². The molecule has 0 saturated carbocycles. The molecule has 2 N–H and O–H groups in total. The molecule has 38 heavy (non-hydrogen) atoms. The second kappa shape index (κ2) is 32.6. The van der Waals surface area contributed by atoms with E-state index < -0.39 is 12.2 Å². The summed E-state index contributed by atoms with van der Waals surface area (Å²) >= 11 is 0. The average molecular weight is 535 g/mol. The van der Waals surface area contributed by atoms with Crippen LogP contribution in [-0.4, -0.2) is 22.4 Å². The maximum atomic E-state index is 10.3. The van der Waals surface area contributed by atoms with E-state index >= 15 is 0 Å². The van der Waals surface area contributed by atoms with Crippen molar-refractivity contribution in [1.29, 1.82) is 0 Å². The lowest BCUT2D eigenvalue weighted by Crippen LogP contribution is -2.25. The minimum Gasteiger partial charge on any atom is -0.390 e. The SMILES string of the molecule is CCCCCCCC/C=C/CCCCCCCC(O)C(O)CCCCCCC/C=C/CCCCCCCC. The Kier molecular flexibility index (Phi) is 32.1. The molecule has 0 aromatic rings. The standard InChI is InChI=1S/C36H70O2/c1-3-5-7-9-11-13-15-17-19-21-23-25-27-29-31-33-35(37)36(38)34-32-30-28-26-24-22-20-18-16-14-12-10-8-6-4-2/h17-20,35-38H,3-16,21-34H2,1-2H3/b19-17+,20-18+. The van der Waals surface area contributed by atoms with Gasteiger partial charge in [-0.2, -0.15) is 0 Å². The highest BCUT2D eigenvalue weighted by atomic mass is 16.3. The molecule has 0 aromatic carbocycles. The van der Waals surface area contributed by atoms with Gasteiger partial charge in [-0.05, 0) is 64.2 Å². The predicted molar refractivity (Wildman–Crippen MR) is 171 cm³/mol. The molecular formula is C36H70O2. The van der Waals surface area contributed by atoms with Gasteiger partial charge in [0.15, 0.2) is 0 Å². The summed E-state index contributed by atoms with van der Waals surface area (Å²) in [5.41, 5.74) is 0. The van der Waals surface area contributed by atoms with Crippen LogP contribution in [0.15, 0.2) is 24.3 Å². The number of unbranched alkanes of at least 4 members (excludes halogenated alkanes) is 22. The third-order valence-corrected chi connectivity index (χ3v) is 7.97. The average Bonchev–Trinajstić information content (AvgIpc) is 2.92. The molecule has 0 aromatic heterocycles. The van der Waals surface area contributed by atoms with E-state index in [0.29, 0.717) is 0 Å². The van der Waals surface area contributed by atoms with E-state index in [1.54, 1.807) is 0 Å². The van der Waals surface area contributed by atoms with Crippen molar-refractivity contribution < 1.29 is 10.2 Å². The lowest BCUT2D eigenvalue weighted by molar-refractivity contribution is 0.00712. The summed E-state index contributed by atoms with van der Waals surface area (Å²) < 4.78 is 0. The molecule has 226 valence electrons. The fraction of sp³-hybridized carbons (Fsp3) is 0.889. The molecule has 2 heteroatoms. The molecule has 0 amide bonds. The van der Waals surface area contributed by atoms with E-state index in [0.717, 1.165) is 25.7 Å². The van der Waals surface area contributed by atoms with Crippen LogP contribution in [0, 0.1) is 0 Å². The Labute approximate surface area is 240 Å². The van der Waals surface area contributed by atoms with Gasteiger partial charge in [0.05, 0.1) is 12.2 Å². The Bertz CT molecular complexity index is 440. The number of rotatable bonds is 31. The largest absolute Gasteiger partial charge is 0.390 e. The van der Waals surface area contributed by atoms with E-state index in [1.165, 1.54) is 154 Å². The lowest BCUT2D eigenvalue weighted by Gasteiger charge is -2.17. The predicted octanol–water partition coefficient (Wildman–Crippen LogP) is 11.8. The fourth-order valence-corrected chi connectivity index (χ4v) is 5.23. The molecule has 0 fully saturated rings. The second-order valence-electron chi connectivity index (χ2n) is 11.9. The topological polar surface area (TPSA) is 40.5 Å². The molecule has 2 nitrogen and oxygen atoms in total. The van der Waals surface area contributed by atoms with Gasteiger partial charge in [0.1, 0.15) is 0 Å². The van der Waals surface area contributed by atoms with Crippen molar-refractivity contribution in [2.24, 2.45) is 0 Å². The van der Waals surface area contributed by atoms with Crippen LogP contribution in [-0.2, 0) is 0 Å². The van der Waals surface area contributed by atoms with Crippen LogP contribution in [0.5, 0.6) is 0 Å². The molecular weight excluding hydrogens is 464 g/mol. The summed E-state index contributed by atoms with van der Waals surface area (Å²) in [5.74, 6) is 0. The molecule has 0 spiro atoms. The highest BCUT2D eigenvalue weighted by Gasteiger charge is 2.15. The van der Waals surface area contributed by atoms with Crippen molar-refractivity contribution in [3.63, 3.8) is 0 Å². The quantitative estimate of drug-likeness (QED) is 0.0685. The van der Waals surface area contributed by atoms with E-state index in [9.17, 15) is 10.2 Å². The Morgan fingerprint density at radius 3 is 0.868 bits per heavy atom. The van der Waals surface area contributed by atoms with Gasteiger partial charge in [0.2, 0.25) is 0 Å². The second-order valence-corrected chi connectivity index (χ2v) is 11.9. The van der Waals surface area contributed by atoms with Gasteiger partial charge in [-0.25, -0.2) is 0 Å². The highest BCUT2D eigenvalue weighted by molar-refractivity contribution is 4.82. The Morgan fingerprint density at radius 1 is 0.342 bits per heavy atom. The van der Waals surface area contributed by atoms with Gasteiger partial charge in [0.25, 0.3) is 0 Å². The first-order valence-corrected chi connectivity index (χ1v) is 17.4. The zero-order valence-electron chi connectivity index (χ0n) is 26.2. The summed E-state index contributed by atoms with van der Waals surface area (Å²) in [6.45, 7) is 4.55. The number of hydrogen-bond donors (Lipinski definition) is 2. The first-order chi connectivity index (χ1) is 18.7. The summed E-state index contributed by atoms with van der Waals surface area (Å²) in [6, 6.07) is 0. The van der Waals surface area contributed by atoms with E-state index in [4.69, 9.17) is 0 Å². The molecule has 0 bridgehead atoms. The van der Waals surface area contributed by atoms with Crippen molar-refractivity contribution in [2.75, 3.05) is 0 Å². The third-order valence-electron chi connectivity index (χ3n) is 7.97. The molecule has 0 aliphatic heterocycles. The number of hydrogen-bond acceptors (Lipinski definition) is 2. The van der Waals surface area contributed by atoms with Gasteiger partial charge in [-0.1, -0.05) is 154 Å². The van der Waals surface area contributed by atoms with Crippen LogP contribution >= 0.6 is 0 Å². The zero-order valence-corrected chi connectivity index (χ0v) is 26.2. The third kappa shape index (κ3) is 29.9. The van der Waals surface area contributed by atoms with Crippen molar-refractivity contribution in [1.82, 2.24) is 0 Å². The minimum atomic E-state index is -0.531. The van der Waals surface area contributed by atoms with Crippen LogP contribution in [0.2, 0.25) is 0 Å². The molecule has 0 aliphatic carbocycles. The summed E-state index contributed by atoms with van der Waals surface area (Å²) in [6.07, 6.45) is 43.6. The van der Waals surface area contributed by atoms with Crippen LogP contribution in [0.1, 0.15) is 194 Å². The summed E-state index contributed by atoms with van der Waals surface area (Å²) in [5, 5.41) is 20.5. The van der Waals surface area contributed by atoms with Gasteiger partial charge in [-0.3, -0.25) is 0 Å². The number of allylic oxidation sites excluding steroid dienone is 4. The Balaban J connectivity index is 3.36.